The summed E-state index contributed by atoms with van der Waals surface area (Å²) in [4.78, 5) is 0. The zero-order valence-electron chi connectivity index (χ0n) is 11.0. The van der Waals surface area contributed by atoms with Crippen LogP contribution in [0.4, 0.5) is 5.69 Å². The number of aryl methyl sites for hydroxylation is 1. The van der Waals surface area contributed by atoms with Crippen LogP contribution in [-0.4, -0.2) is 15.8 Å². The van der Waals surface area contributed by atoms with Gasteiger partial charge in [-0.3, -0.25) is 4.68 Å². The largest absolute Gasteiger partial charge is 0.380 e. The zero-order valence-corrected chi connectivity index (χ0v) is 11.0. The average molecular weight is 223 g/mol. The fraction of sp³-hybridized carbons (Fsp3) is 0.769. The smallest absolute Gasteiger partial charge is 0.0728 e. The highest BCUT2D eigenvalue weighted by atomic mass is 15.3. The highest BCUT2D eigenvalue weighted by molar-refractivity contribution is 5.38. The van der Waals surface area contributed by atoms with Crippen molar-refractivity contribution in [3.8, 4) is 0 Å². The van der Waals surface area contributed by atoms with E-state index in [2.05, 4.69) is 44.3 Å². The summed E-state index contributed by atoms with van der Waals surface area (Å²) in [5, 5.41) is 7.80. The van der Waals surface area contributed by atoms with Crippen molar-refractivity contribution in [2.45, 2.75) is 59.5 Å². The van der Waals surface area contributed by atoms with Gasteiger partial charge >= 0.3 is 0 Å². The Kier molecular flexibility index (Phi) is 5.36. The highest BCUT2D eigenvalue weighted by Crippen LogP contribution is 2.12. The third-order valence-electron chi connectivity index (χ3n) is 2.68. The van der Waals surface area contributed by atoms with Crippen molar-refractivity contribution in [1.82, 2.24) is 9.78 Å². The van der Waals surface area contributed by atoms with Crippen molar-refractivity contribution in [2.24, 2.45) is 5.92 Å². The van der Waals surface area contributed by atoms with Gasteiger partial charge in [-0.05, 0) is 32.1 Å². The summed E-state index contributed by atoms with van der Waals surface area (Å²) in [6.07, 6.45) is 7.63. The molecule has 3 heteroatoms. The molecule has 1 rings (SSSR count). The van der Waals surface area contributed by atoms with Crippen molar-refractivity contribution in [2.75, 3.05) is 5.32 Å². The molecule has 0 amide bonds. The van der Waals surface area contributed by atoms with Gasteiger partial charge in [-0.15, -0.1) is 0 Å². The minimum absolute atomic E-state index is 0.529. The quantitative estimate of drug-likeness (QED) is 0.766. The second kappa shape index (κ2) is 6.56. The van der Waals surface area contributed by atoms with E-state index >= 15 is 0 Å². The maximum atomic E-state index is 4.31. The molecule has 1 aromatic heterocycles. The molecule has 0 saturated carbocycles. The Balaban J connectivity index is 2.34. The molecule has 0 radical (unpaired) electrons. The van der Waals surface area contributed by atoms with Crippen molar-refractivity contribution in [3.63, 3.8) is 0 Å². The standard InChI is InChI=1S/C13H25N3/c1-5-8-16-10-13(9-14-16)15-12(4)7-6-11(2)3/h9-12,15H,5-8H2,1-4H3. The van der Waals surface area contributed by atoms with Gasteiger partial charge in [-0.2, -0.15) is 5.10 Å². The lowest BCUT2D eigenvalue weighted by atomic mass is 10.0. The van der Waals surface area contributed by atoms with E-state index in [1.165, 1.54) is 12.8 Å². The third kappa shape index (κ3) is 4.69. The Hall–Kier alpha value is -0.990. The summed E-state index contributed by atoms with van der Waals surface area (Å²) in [6, 6.07) is 0.529. The summed E-state index contributed by atoms with van der Waals surface area (Å²) < 4.78 is 2.00. The van der Waals surface area contributed by atoms with E-state index < -0.39 is 0 Å². The number of aromatic nitrogens is 2. The number of rotatable bonds is 7. The maximum absolute atomic E-state index is 4.31. The molecule has 0 bridgehead atoms. The number of nitrogens with one attached hydrogen (secondary N) is 1. The van der Waals surface area contributed by atoms with Gasteiger partial charge in [0.2, 0.25) is 0 Å². The van der Waals surface area contributed by atoms with E-state index in [-0.39, 0.29) is 0 Å². The van der Waals surface area contributed by atoms with Crippen molar-refractivity contribution < 1.29 is 0 Å². The van der Waals surface area contributed by atoms with Gasteiger partial charge in [0.25, 0.3) is 0 Å². The van der Waals surface area contributed by atoms with E-state index in [0.717, 1.165) is 24.6 Å². The minimum atomic E-state index is 0.529. The number of anilines is 1. The van der Waals surface area contributed by atoms with Gasteiger partial charge in [-0.25, -0.2) is 0 Å². The Morgan fingerprint density at radius 1 is 1.31 bits per heavy atom. The molecule has 0 saturated heterocycles. The molecule has 0 aromatic carbocycles. The Bertz CT molecular complexity index is 291. The maximum Gasteiger partial charge on any atom is 0.0728 e. The molecule has 1 aromatic rings. The van der Waals surface area contributed by atoms with Gasteiger partial charge in [0.15, 0.2) is 0 Å². The molecule has 16 heavy (non-hydrogen) atoms. The lowest BCUT2D eigenvalue weighted by molar-refractivity contribution is 0.527. The van der Waals surface area contributed by atoms with Crippen LogP contribution in [0.25, 0.3) is 0 Å². The first-order chi connectivity index (χ1) is 7.61. The Morgan fingerprint density at radius 2 is 2.06 bits per heavy atom. The first kappa shape index (κ1) is 13.1. The van der Waals surface area contributed by atoms with Gasteiger partial charge in [0.1, 0.15) is 0 Å². The van der Waals surface area contributed by atoms with Crippen LogP contribution in [0.3, 0.4) is 0 Å². The number of hydrogen-bond donors (Lipinski definition) is 1. The molecule has 1 N–H and O–H groups in total. The first-order valence-electron chi connectivity index (χ1n) is 6.40. The molecule has 0 aliphatic heterocycles. The fourth-order valence-electron chi connectivity index (χ4n) is 1.73. The fourth-order valence-corrected chi connectivity index (χ4v) is 1.73. The van der Waals surface area contributed by atoms with Crippen LogP contribution in [0.2, 0.25) is 0 Å². The van der Waals surface area contributed by atoms with Crippen molar-refractivity contribution >= 4 is 5.69 Å². The van der Waals surface area contributed by atoms with Crippen LogP contribution >= 0.6 is 0 Å². The van der Waals surface area contributed by atoms with Gasteiger partial charge < -0.3 is 5.32 Å². The lowest BCUT2D eigenvalue weighted by Gasteiger charge is -2.14. The summed E-state index contributed by atoms with van der Waals surface area (Å²) >= 11 is 0. The van der Waals surface area contributed by atoms with Crippen LogP contribution in [0.5, 0.6) is 0 Å². The van der Waals surface area contributed by atoms with E-state index in [1.807, 2.05) is 10.9 Å². The predicted molar refractivity (Wildman–Crippen MR) is 69.7 cm³/mol. The first-order valence-corrected chi connectivity index (χ1v) is 6.40. The second-order valence-electron chi connectivity index (χ2n) is 5.01. The average Bonchev–Trinajstić information content (AvgIpc) is 2.63. The molecule has 3 nitrogen and oxygen atoms in total. The summed E-state index contributed by atoms with van der Waals surface area (Å²) in [6.45, 7) is 9.94. The number of nitrogens with zero attached hydrogens (tertiary/aromatic N) is 2. The molecular weight excluding hydrogens is 198 g/mol. The van der Waals surface area contributed by atoms with Crippen molar-refractivity contribution in [1.29, 1.82) is 0 Å². The topological polar surface area (TPSA) is 29.9 Å². The van der Waals surface area contributed by atoms with Crippen LogP contribution in [-0.2, 0) is 6.54 Å². The molecule has 1 atom stereocenters. The van der Waals surface area contributed by atoms with Crippen molar-refractivity contribution in [3.05, 3.63) is 12.4 Å². The monoisotopic (exact) mass is 223 g/mol. The Labute approximate surface area is 99.2 Å². The van der Waals surface area contributed by atoms with Crippen LogP contribution in [0.1, 0.15) is 47.0 Å². The summed E-state index contributed by atoms with van der Waals surface area (Å²) in [5.41, 5.74) is 1.14. The van der Waals surface area contributed by atoms with Gasteiger partial charge in [-0.1, -0.05) is 20.8 Å². The molecule has 0 aliphatic carbocycles. The lowest BCUT2D eigenvalue weighted by Crippen LogP contribution is -2.15. The number of hydrogen-bond acceptors (Lipinski definition) is 2. The highest BCUT2D eigenvalue weighted by Gasteiger charge is 2.05. The molecule has 92 valence electrons. The molecule has 1 heterocycles. The van der Waals surface area contributed by atoms with Crippen LogP contribution in [0, 0.1) is 5.92 Å². The minimum Gasteiger partial charge on any atom is -0.380 e. The van der Waals surface area contributed by atoms with Crippen LogP contribution < -0.4 is 5.32 Å². The van der Waals surface area contributed by atoms with Gasteiger partial charge in [0, 0.05) is 18.8 Å². The summed E-state index contributed by atoms with van der Waals surface area (Å²) in [7, 11) is 0. The zero-order chi connectivity index (χ0) is 12.0. The van der Waals surface area contributed by atoms with Crippen LogP contribution in [0.15, 0.2) is 12.4 Å². The molecule has 0 aliphatic rings. The molecule has 0 fully saturated rings. The molecular formula is C13H25N3. The summed E-state index contributed by atoms with van der Waals surface area (Å²) in [5.74, 6) is 0.784. The van der Waals surface area contributed by atoms with Gasteiger partial charge in [0.05, 0.1) is 11.9 Å². The molecule has 1 unspecified atom stereocenters. The predicted octanol–water partition coefficient (Wildman–Crippen LogP) is 3.53. The third-order valence-corrected chi connectivity index (χ3v) is 2.68. The normalized spacial score (nSPS) is 13.1. The van der Waals surface area contributed by atoms with E-state index in [1.54, 1.807) is 0 Å². The van der Waals surface area contributed by atoms with E-state index in [0.29, 0.717) is 6.04 Å². The Morgan fingerprint density at radius 3 is 2.69 bits per heavy atom. The SMILES string of the molecule is CCCn1cc(NC(C)CCC(C)C)cn1. The van der Waals surface area contributed by atoms with E-state index in [9.17, 15) is 0 Å². The molecule has 0 spiro atoms. The van der Waals surface area contributed by atoms with E-state index in [4.69, 9.17) is 0 Å². The second-order valence-corrected chi connectivity index (χ2v) is 5.01.